The molecule has 5 heteroatoms. The van der Waals surface area contributed by atoms with E-state index in [4.69, 9.17) is 4.42 Å². The minimum atomic E-state index is -0.539. The second-order valence-corrected chi connectivity index (χ2v) is 6.95. The predicted octanol–water partition coefficient (Wildman–Crippen LogP) is 4.23. The molecule has 0 radical (unpaired) electrons. The van der Waals surface area contributed by atoms with Crippen LogP contribution in [0.15, 0.2) is 51.7 Å². The van der Waals surface area contributed by atoms with Gasteiger partial charge in [-0.3, -0.25) is 9.59 Å². The molecule has 4 nitrogen and oxygen atoms in total. The number of hydrogen-bond acceptors (Lipinski definition) is 3. The minimum Gasteiger partial charge on any atom is -0.450 e. The molecular weight excluding hydrogens is 333 g/mol. The molecule has 0 saturated carbocycles. The van der Waals surface area contributed by atoms with Crippen LogP contribution in [-0.4, -0.2) is 17.9 Å². The monoisotopic (exact) mass is 351 g/mol. The maximum Gasteiger partial charge on any atom is 0.290 e. The zero-order valence-corrected chi connectivity index (χ0v) is 14.7. The third-order valence-electron chi connectivity index (χ3n) is 4.98. The molecule has 4 rings (SSSR count). The Hall–Kier alpha value is -2.95. The number of amides is 1. The summed E-state index contributed by atoms with van der Waals surface area (Å²) in [5.41, 5.74) is 2.12. The van der Waals surface area contributed by atoms with Crippen molar-refractivity contribution in [1.82, 2.24) is 4.90 Å². The lowest BCUT2D eigenvalue weighted by Crippen LogP contribution is -2.25. The van der Waals surface area contributed by atoms with Crippen molar-refractivity contribution in [3.8, 4) is 0 Å². The van der Waals surface area contributed by atoms with Crippen molar-refractivity contribution in [2.24, 2.45) is 0 Å². The maximum atomic E-state index is 13.6. The smallest absolute Gasteiger partial charge is 0.290 e. The molecule has 0 bridgehead atoms. The van der Waals surface area contributed by atoms with E-state index in [0.29, 0.717) is 5.92 Å². The lowest BCUT2D eigenvalue weighted by atomic mass is 9.95. The van der Waals surface area contributed by atoms with Crippen LogP contribution in [0, 0.1) is 5.82 Å². The van der Waals surface area contributed by atoms with Crippen LogP contribution in [0.3, 0.4) is 0 Å². The van der Waals surface area contributed by atoms with Gasteiger partial charge in [-0.1, -0.05) is 38.1 Å². The third kappa shape index (κ3) is 2.35. The molecule has 2 aromatic carbocycles. The summed E-state index contributed by atoms with van der Waals surface area (Å²) in [6, 6.07) is 11.1. The molecule has 3 aromatic rings. The van der Waals surface area contributed by atoms with Crippen LogP contribution in [0.25, 0.3) is 11.0 Å². The number of benzene rings is 2. The largest absolute Gasteiger partial charge is 0.450 e. The van der Waals surface area contributed by atoms with E-state index in [1.54, 1.807) is 7.05 Å². The predicted molar refractivity (Wildman–Crippen MR) is 96.9 cm³/mol. The molecule has 0 saturated heterocycles. The summed E-state index contributed by atoms with van der Waals surface area (Å²) in [5, 5.41) is 0.149. The summed E-state index contributed by atoms with van der Waals surface area (Å²) in [4.78, 5) is 27.1. The van der Waals surface area contributed by atoms with Gasteiger partial charge in [0.1, 0.15) is 11.4 Å². The zero-order chi connectivity index (χ0) is 18.6. The van der Waals surface area contributed by atoms with E-state index in [2.05, 4.69) is 13.8 Å². The minimum absolute atomic E-state index is 0.0366. The van der Waals surface area contributed by atoms with Gasteiger partial charge in [0.2, 0.25) is 5.76 Å². The molecule has 1 aliphatic heterocycles. The number of carbonyl (C=O) groups is 1. The molecule has 1 atom stereocenters. The molecule has 0 N–H and O–H groups in total. The Balaban J connectivity index is 1.94. The standard InChI is InChI=1S/C21H18FNO3/c1-11(2)12-4-6-13(7-5-12)18-17-19(24)15-10-14(22)8-9-16(15)26-20(17)21(25)23(18)3/h4-11,18H,1-3H3/t18-/m0/s1. The number of carbonyl (C=O) groups excluding carboxylic acids is 1. The fraction of sp³-hybridized carbons (Fsp3) is 0.238. The molecule has 2 heterocycles. The Labute approximate surface area is 149 Å². The van der Waals surface area contributed by atoms with Crippen LogP contribution in [-0.2, 0) is 0 Å². The Morgan fingerprint density at radius 1 is 1.08 bits per heavy atom. The number of hydrogen-bond donors (Lipinski definition) is 0. The summed E-state index contributed by atoms with van der Waals surface area (Å²) in [5.74, 6) is -0.438. The van der Waals surface area contributed by atoms with E-state index >= 15 is 0 Å². The average Bonchev–Trinajstić information content (AvgIpc) is 2.87. The Morgan fingerprint density at radius 2 is 1.77 bits per heavy atom. The van der Waals surface area contributed by atoms with Crippen LogP contribution >= 0.6 is 0 Å². The lowest BCUT2D eigenvalue weighted by molar-refractivity contribution is 0.0771. The molecule has 1 aliphatic rings. The summed E-state index contributed by atoms with van der Waals surface area (Å²) in [6.07, 6.45) is 0. The topological polar surface area (TPSA) is 50.5 Å². The number of nitrogens with zero attached hydrogens (tertiary/aromatic N) is 1. The highest BCUT2D eigenvalue weighted by atomic mass is 19.1. The summed E-state index contributed by atoms with van der Waals surface area (Å²) in [7, 11) is 1.64. The van der Waals surface area contributed by atoms with Crippen LogP contribution in [0.4, 0.5) is 4.39 Å². The van der Waals surface area contributed by atoms with Gasteiger partial charge >= 0.3 is 0 Å². The van der Waals surface area contributed by atoms with E-state index in [1.165, 1.54) is 22.6 Å². The first-order valence-corrected chi connectivity index (χ1v) is 8.51. The van der Waals surface area contributed by atoms with Crippen LogP contribution in [0.1, 0.15) is 53.1 Å². The maximum absolute atomic E-state index is 13.6. The SMILES string of the molecule is CC(C)c1ccc([C@H]2c3c(oc4ccc(F)cc4c3=O)C(=O)N2C)cc1. The fourth-order valence-electron chi connectivity index (χ4n) is 3.51. The van der Waals surface area contributed by atoms with Gasteiger partial charge in [-0.15, -0.1) is 0 Å². The molecule has 132 valence electrons. The van der Waals surface area contributed by atoms with Gasteiger partial charge < -0.3 is 9.32 Å². The van der Waals surface area contributed by atoms with Crippen molar-refractivity contribution in [1.29, 1.82) is 0 Å². The first-order chi connectivity index (χ1) is 12.4. The van der Waals surface area contributed by atoms with Crippen molar-refractivity contribution in [3.05, 3.63) is 81.0 Å². The van der Waals surface area contributed by atoms with Crippen LogP contribution in [0.2, 0.25) is 0 Å². The van der Waals surface area contributed by atoms with E-state index < -0.39 is 11.9 Å². The summed E-state index contributed by atoms with van der Waals surface area (Å²) in [6.45, 7) is 4.20. The summed E-state index contributed by atoms with van der Waals surface area (Å²) < 4.78 is 19.3. The lowest BCUT2D eigenvalue weighted by Gasteiger charge is -2.20. The van der Waals surface area contributed by atoms with E-state index in [0.717, 1.165) is 11.6 Å². The highest BCUT2D eigenvalue weighted by Gasteiger charge is 2.40. The first-order valence-electron chi connectivity index (χ1n) is 8.51. The van der Waals surface area contributed by atoms with E-state index in [-0.39, 0.29) is 33.6 Å². The van der Waals surface area contributed by atoms with Gasteiger partial charge in [0.05, 0.1) is 17.0 Å². The van der Waals surface area contributed by atoms with Crippen molar-refractivity contribution < 1.29 is 13.6 Å². The van der Waals surface area contributed by atoms with Gasteiger partial charge in [-0.25, -0.2) is 4.39 Å². The van der Waals surface area contributed by atoms with Gasteiger partial charge in [-0.05, 0) is 35.2 Å². The van der Waals surface area contributed by atoms with Crippen molar-refractivity contribution in [2.75, 3.05) is 7.05 Å². The van der Waals surface area contributed by atoms with Gasteiger partial charge in [0.15, 0.2) is 5.43 Å². The second kappa shape index (κ2) is 5.80. The first kappa shape index (κ1) is 16.5. The van der Waals surface area contributed by atoms with Gasteiger partial charge in [0, 0.05) is 7.05 Å². The number of rotatable bonds is 2. The van der Waals surface area contributed by atoms with Crippen molar-refractivity contribution in [3.63, 3.8) is 0 Å². The average molecular weight is 351 g/mol. The fourth-order valence-corrected chi connectivity index (χ4v) is 3.51. The zero-order valence-electron chi connectivity index (χ0n) is 14.7. The second-order valence-electron chi connectivity index (χ2n) is 6.95. The molecule has 0 unspecified atom stereocenters. The normalized spacial score (nSPS) is 16.6. The Morgan fingerprint density at radius 3 is 2.42 bits per heavy atom. The molecular formula is C21H18FNO3. The van der Waals surface area contributed by atoms with E-state index in [1.807, 2.05) is 24.3 Å². The molecule has 0 aliphatic carbocycles. The van der Waals surface area contributed by atoms with Crippen molar-refractivity contribution >= 4 is 16.9 Å². The third-order valence-corrected chi connectivity index (χ3v) is 4.98. The highest BCUT2D eigenvalue weighted by Crippen LogP contribution is 2.37. The molecule has 1 amide bonds. The molecule has 0 fully saturated rings. The highest BCUT2D eigenvalue weighted by molar-refractivity contribution is 5.98. The van der Waals surface area contributed by atoms with Crippen LogP contribution in [0.5, 0.6) is 0 Å². The molecule has 1 aromatic heterocycles. The van der Waals surface area contributed by atoms with Gasteiger partial charge in [0.25, 0.3) is 5.91 Å². The van der Waals surface area contributed by atoms with E-state index in [9.17, 15) is 14.0 Å². The molecule has 0 spiro atoms. The number of halogens is 1. The summed E-state index contributed by atoms with van der Waals surface area (Å²) >= 11 is 0. The number of fused-ring (bicyclic) bond motifs is 2. The Bertz CT molecular complexity index is 1080. The molecule has 26 heavy (non-hydrogen) atoms. The van der Waals surface area contributed by atoms with Gasteiger partial charge in [-0.2, -0.15) is 0 Å². The van der Waals surface area contributed by atoms with Crippen LogP contribution < -0.4 is 5.43 Å². The Kier molecular flexibility index (Phi) is 3.68. The quantitative estimate of drug-likeness (QED) is 0.694. The van der Waals surface area contributed by atoms with Crippen molar-refractivity contribution in [2.45, 2.75) is 25.8 Å².